The molecule has 1 amide bonds. The van der Waals surface area contributed by atoms with Gasteiger partial charge in [0.05, 0.1) is 12.1 Å². The lowest BCUT2D eigenvalue weighted by Crippen LogP contribution is -2.36. The van der Waals surface area contributed by atoms with Gasteiger partial charge in [-0.25, -0.2) is 0 Å². The van der Waals surface area contributed by atoms with Gasteiger partial charge in [0.1, 0.15) is 0 Å². The van der Waals surface area contributed by atoms with Gasteiger partial charge >= 0.3 is 0 Å². The number of carbonyl (C=O) groups excluding carboxylic acids is 2. The first-order chi connectivity index (χ1) is 13.6. The minimum Gasteiger partial charge on any atom is -0.350 e. The fourth-order valence-electron chi connectivity index (χ4n) is 3.41. The Morgan fingerprint density at radius 3 is 2.14 bits per heavy atom. The highest BCUT2D eigenvalue weighted by atomic mass is 16.2. The number of hydrogen-bond donors (Lipinski definition) is 0. The lowest BCUT2D eigenvalue weighted by atomic mass is 10.1. The molecule has 0 atom stereocenters. The molecule has 0 saturated heterocycles. The topological polar surface area (TPSA) is 42.3 Å². The molecule has 4 nitrogen and oxygen atoms in total. The van der Waals surface area contributed by atoms with Gasteiger partial charge in [-0.1, -0.05) is 66.7 Å². The molecule has 0 saturated carbocycles. The number of nitrogens with zero attached hydrogens (tertiary/aromatic N) is 2. The first kappa shape index (κ1) is 17.7. The number of ketones is 1. The quantitative estimate of drug-likeness (QED) is 0.382. The van der Waals surface area contributed by atoms with Crippen LogP contribution in [0.2, 0.25) is 0 Å². The van der Waals surface area contributed by atoms with E-state index in [1.165, 1.54) is 0 Å². The van der Waals surface area contributed by atoms with Crippen molar-refractivity contribution in [3.05, 3.63) is 102 Å². The van der Waals surface area contributed by atoms with Crippen LogP contribution in [-0.2, 0) is 18.4 Å². The number of amides is 1. The number of fused-ring (bicyclic) bond motifs is 1. The number of carbonyl (C=O) groups is 2. The summed E-state index contributed by atoms with van der Waals surface area (Å²) >= 11 is 0. The summed E-state index contributed by atoms with van der Waals surface area (Å²) in [4.78, 5) is 28.0. The maximum absolute atomic E-state index is 13.3. The van der Waals surface area contributed by atoms with Gasteiger partial charge in [-0.3, -0.25) is 9.59 Å². The molecular formula is C24H20N2O2. The van der Waals surface area contributed by atoms with E-state index in [2.05, 4.69) is 0 Å². The Morgan fingerprint density at radius 2 is 1.43 bits per heavy atom. The van der Waals surface area contributed by atoms with Crippen LogP contribution >= 0.6 is 0 Å². The number of aryl methyl sites for hydroxylation is 1. The van der Waals surface area contributed by atoms with Crippen LogP contribution in [0.5, 0.6) is 0 Å². The maximum atomic E-state index is 13.3. The van der Waals surface area contributed by atoms with Crippen molar-refractivity contribution < 1.29 is 9.59 Å². The lowest BCUT2D eigenvalue weighted by Gasteiger charge is -2.22. The summed E-state index contributed by atoms with van der Waals surface area (Å²) in [5, 5.41) is 0.788. The number of benzene rings is 3. The summed E-state index contributed by atoms with van der Waals surface area (Å²) in [5.74, 6) is -1.04. The molecule has 0 bridgehead atoms. The molecule has 0 radical (unpaired) electrons. The second-order valence-electron chi connectivity index (χ2n) is 6.71. The van der Waals surface area contributed by atoms with E-state index in [4.69, 9.17) is 0 Å². The Morgan fingerprint density at radius 1 is 0.821 bits per heavy atom. The summed E-state index contributed by atoms with van der Waals surface area (Å²) in [6, 6.07) is 26.6. The molecule has 1 aromatic heterocycles. The van der Waals surface area contributed by atoms with Crippen molar-refractivity contribution in [3.8, 4) is 0 Å². The van der Waals surface area contributed by atoms with Gasteiger partial charge in [0.2, 0.25) is 0 Å². The fraction of sp³-hybridized carbons (Fsp3) is 0.0833. The van der Waals surface area contributed by atoms with E-state index >= 15 is 0 Å². The average molecular weight is 368 g/mol. The van der Waals surface area contributed by atoms with Crippen molar-refractivity contribution in [2.75, 3.05) is 4.90 Å². The number of anilines is 1. The van der Waals surface area contributed by atoms with Gasteiger partial charge in [-0.2, -0.15) is 0 Å². The molecule has 0 spiro atoms. The second kappa shape index (κ2) is 7.53. The molecule has 4 rings (SSSR count). The van der Waals surface area contributed by atoms with Crippen molar-refractivity contribution in [3.63, 3.8) is 0 Å². The number of rotatable bonds is 5. The zero-order chi connectivity index (χ0) is 19.5. The Hall–Kier alpha value is -3.66. The largest absolute Gasteiger partial charge is 0.350 e. The summed E-state index contributed by atoms with van der Waals surface area (Å²) in [6.45, 7) is 0.334. The third-order valence-corrected chi connectivity index (χ3v) is 4.83. The molecule has 0 N–H and O–H groups in total. The summed E-state index contributed by atoms with van der Waals surface area (Å²) in [7, 11) is 1.88. The number of para-hydroxylation sites is 2. The van der Waals surface area contributed by atoms with Crippen LogP contribution in [0, 0.1) is 0 Å². The van der Waals surface area contributed by atoms with Crippen molar-refractivity contribution >= 4 is 28.3 Å². The fourth-order valence-corrected chi connectivity index (χ4v) is 3.41. The van der Waals surface area contributed by atoms with E-state index in [1.54, 1.807) is 11.1 Å². The van der Waals surface area contributed by atoms with Gasteiger partial charge in [0.25, 0.3) is 11.7 Å². The summed E-state index contributed by atoms with van der Waals surface area (Å²) in [6.07, 6.45) is 1.73. The first-order valence-electron chi connectivity index (χ1n) is 9.14. The van der Waals surface area contributed by atoms with E-state index in [0.29, 0.717) is 17.8 Å². The molecule has 3 aromatic carbocycles. The average Bonchev–Trinajstić information content (AvgIpc) is 3.09. The highest BCUT2D eigenvalue weighted by molar-refractivity contribution is 6.48. The van der Waals surface area contributed by atoms with Crippen LogP contribution in [0.1, 0.15) is 15.9 Å². The van der Waals surface area contributed by atoms with Crippen LogP contribution in [0.15, 0.2) is 91.1 Å². The van der Waals surface area contributed by atoms with Gasteiger partial charge in [-0.15, -0.1) is 0 Å². The van der Waals surface area contributed by atoms with Crippen molar-refractivity contribution in [2.24, 2.45) is 7.05 Å². The van der Waals surface area contributed by atoms with Crippen LogP contribution in [0.25, 0.3) is 10.9 Å². The first-order valence-corrected chi connectivity index (χ1v) is 9.14. The summed E-state index contributed by atoms with van der Waals surface area (Å²) < 4.78 is 1.87. The smallest absolute Gasteiger partial charge is 0.299 e. The third-order valence-electron chi connectivity index (χ3n) is 4.83. The van der Waals surface area contributed by atoms with Gasteiger partial charge in [0.15, 0.2) is 0 Å². The molecule has 0 aliphatic rings. The van der Waals surface area contributed by atoms with Crippen LogP contribution in [0.4, 0.5) is 5.69 Å². The molecule has 0 unspecified atom stereocenters. The zero-order valence-electron chi connectivity index (χ0n) is 15.6. The number of Topliss-reactive ketones (excluding diaryl/α,β-unsaturated/α-hetero) is 1. The van der Waals surface area contributed by atoms with Gasteiger partial charge in [-0.05, 0) is 23.8 Å². The normalized spacial score (nSPS) is 10.8. The van der Waals surface area contributed by atoms with Crippen molar-refractivity contribution in [1.29, 1.82) is 0 Å². The van der Waals surface area contributed by atoms with E-state index in [9.17, 15) is 9.59 Å². The Kier molecular flexibility index (Phi) is 4.77. The Bertz CT molecular complexity index is 1130. The molecule has 0 aliphatic heterocycles. The number of aromatic nitrogens is 1. The van der Waals surface area contributed by atoms with Crippen LogP contribution < -0.4 is 4.90 Å². The van der Waals surface area contributed by atoms with Crippen molar-refractivity contribution in [1.82, 2.24) is 4.57 Å². The zero-order valence-corrected chi connectivity index (χ0v) is 15.6. The highest BCUT2D eigenvalue weighted by Crippen LogP contribution is 2.24. The van der Waals surface area contributed by atoms with Crippen LogP contribution in [0.3, 0.4) is 0 Å². The Balaban J connectivity index is 1.73. The molecule has 138 valence electrons. The summed E-state index contributed by atoms with van der Waals surface area (Å²) in [5.41, 5.74) is 3.01. The maximum Gasteiger partial charge on any atom is 0.299 e. The van der Waals surface area contributed by atoms with E-state index in [-0.39, 0.29) is 0 Å². The standard InChI is InChI=1S/C24H20N2O2/c1-25-17-21(20-14-8-9-15-22(20)25)23(27)24(28)26(19-12-6-3-7-13-19)16-18-10-4-2-5-11-18/h2-15,17H,16H2,1H3. The Labute approximate surface area is 163 Å². The minimum atomic E-state index is -0.536. The lowest BCUT2D eigenvalue weighted by molar-refractivity contribution is -0.114. The molecule has 4 aromatic rings. The van der Waals surface area contributed by atoms with E-state index in [1.807, 2.05) is 96.5 Å². The highest BCUT2D eigenvalue weighted by Gasteiger charge is 2.27. The van der Waals surface area contributed by atoms with Crippen molar-refractivity contribution in [2.45, 2.75) is 6.54 Å². The monoisotopic (exact) mass is 368 g/mol. The number of hydrogen-bond acceptors (Lipinski definition) is 2. The SMILES string of the molecule is Cn1cc(C(=O)C(=O)N(Cc2ccccc2)c2ccccc2)c2ccccc21. The van der Waals surface area contributed by atoms with Gasteiger partial charge < -0.3 is 9.47 Å². The predicted octanol–water partition coefficient (Wildman–Crippen LogP) is 4.59. The predicted molar refractivity (Wildman–Crippen MR) is 111 cm³/mol. The minimum absolute atomic E-state index is 0.334. The third kappa shape index (κ3) is 3.32. The second-order valence-corrected chi connectivity index (χ2v) is 6.71. The molecule has 4 heteroatoms. The molecule has 0 aliphatic carbocycles. The van der Waals surface area contributed by atoms with Gasteiger partial charge in [0, 0.05) is 29.8 Å². The molecular weight excluding hydrogens is 348 g/mol. The van der Waals surface area contributed by atoms with E-state index in [0.717, 1.165) is 16.5 Å². The molecule has 1 heterocycles. The van der Waals surface area contributed by atoms with Crippen LogP contribution in [-0.4, -0.2) is 16.3 Å². The molecule has 28 heavy (non-hydrogen) atoms. The molecule has 0 fully saturated rings. The van der Waals surface area contributed by atoms with E-state index < -0.39 is 11.7 Å².